The van der Waals surface area contributed by atoms with Crippen LogP contribution in [0.5, 0.6) is 0 Å². The molecule has 1 fully saturated rings. The lowest BCUT2D eigenvalue weighted by Gasteiger charge is -2.22. The van der Waals surface area contributed by atoms with Crippen LogP contribution in [0.2, 0.25) is 0 Å². The minimum Gasteiger partial charge on any atom is -0.333 e. The second-order valence-electron chi connectivity index (χ2n) is 6.00. The molecule has 1 aliphatic rings. The van der Waals surface area contributed by atoms with Crippen molar-refractivity contribution in [2.75, 3.05) is 18.4 Å². The summed E-state index contributed by atoms with van der Waals surface area (Å²) in [6.45, 7) is 4.93. The standard InChI is InChI=1S/C16H25N3O2S/c1-3-4-5-6-15(21)19(10-13-7-8-13)11-14(20)18-16-17-9-12(2)22-16/h9,13H,3-8,10-11H2,1-2H3,(H,17,18,20). The van der Waals surface area contributed by atoms with Crippen LogP contribution in [0.4, 0.5) is 5.13 Å². The minimum atomic E-state index is -0.154. The molecule has 0 unspecified atom stereocenters. The zero-order chi connectivity index (χ0) is 15.9. The Labute approximate surface area is 136 Å². The van der Waals surface area contributed by atoms with Gasteiger partial charge in [-0.05, 0) is 32.1 Å². The van der Waals surface area contributed by atoms with Crippen LogP contribution in [-0.4, -0.2) is 34.8 Å². The molecule has 0 spiro atoms. The van der Waals surface area contributed by atoms with Gasteiger partial charge in [-0.25, -0.2) is 4.98 Å². The third-order valence-electron chi connectivity index (χ3n) is 3.72. The molecule has 2 rings (SSSR count). The summed E-state index contributed by atoms with van der Waals surface area (Å²) in [5.74, 6) is 0.537. The van der Waals surface area contributed by atoms with Crippen molar-refractivity contribution in [3.8, 4) is 0 Å². The monoisotopic (exact) mass is 323 g/mol. The van der Waals surface area contributed by atoms with Crippen LogP contribution in [0, 0.1) is 12.8 Å². The first kappa shape index (κ1) is 16.9. The van der Waals surface area contributed by atoms with E-state index < -0.39 is 0 Å². The highest BCUT2D eigenvalue weighted by Gasteiger charge is 2.27. The molecule has 22 heavy (non-hydrogen) atoms. The molecule has 2 amide bonds. The fourth-order valence-corrected chi connectivity index (χ4v) is 2.98. The average molecular weight is 323 g/mol. The fourth-order valence-electron chi connectivity index (χ4n) is 2.30. The maximum atomic E-state index is 12.3. The van der Waals surface area contributed by atoms with Gasteiger partial charge in [-0.2, -0.15) is 0 Å². The molecule has 122 valence electrons. The van der Waals surface area contributed by atoms with E-state index in [1.165, 1.54) is 24.2 Å². The Morgan fingerprint density at radius 2 is 2.18 bits per heavy atom. The Morgan fingerprint density at radius 1 is 1.41 bits per heavy atom. The van der Waals surface area contributed by atoms with Gasteiger partial charge in [0.15, 0.2) is 5.13 Å². The van der Waals surface area contributed by atoms with Crippen LogP contribution in [0.1, 0.15) is 50.3 Å². The van der Waals surface area contributed by atoms with Crippen molar-refractivity contribution in [1.29, 1.82) is 0 Å². The number of nitrogens with zero attached hydrogens (tertiary/aromatic N) is 2. The summed E-state index contributed by atoms with van der Waals surface area (Å²) in [6.07, 6.45) is 7.69. The number of amides is 2. The van der Waals surface area contributed by atoms with Gasteiger partial charge < -0.3 is 10.2 Å². The smallest absolute Gasteiger partial charge is 0.245 e. The van der Waals surface area contributed by atoms with Crippen molar-refractivity contribution in [1.82, 2.24) is 9.88 Å². The highest BCUT2D eigenvalue weighted by Crippen LogP contribution is 2.30. The van der Waals surface area contributed by atoms with Crippen molar-refractivity contribution in [2.24, 2.45) is 5.92 Å². The maximum Gasteiger partial charge on any atom is 0.245 e. The molecule has 0 saturated heterocycles. The summed E-state index contributed by atoms with van der Waals surface area (Å²) in [4.78, 5) is 31.3. The Bertz CT molecular complexity index is 511. The van der Waals surface area contributed by atoms with Crippen molar-refractivity contribution in [2.45, 2.75) is 52.4 Å². The lowest BCUT2D eigenvalue weighted by atomic mass is 10.2. The third kappa shape index (κ3) is 5.75. The Kier molecular flexibility index (Phi) is 6.36. The van der Waals surface area contributed by atoms with E-state index in [9.17, 15) is 9.59 Å². The van der Waals surface area contributed by atoms with E-state index in [2.05, 4.69) is 17.2 Å². The number of rotatable bonds is 9. The first-order valence-corrected chi connectivity index (χ1v) is 8.90. The number of unbranched alkanes of at least 4 members (excludes halogenated alkanes) is 2. The second-order valence-corrected chi connectivity index (χ2v) is 7.23. The van der Waals surface area contributed by atoms with Crippen molar-refractivity contribution in [3.63, 3.8) is 0 Å². The number of aromatic nitrogens is 1. The molecule has 1 heterocycles. The van der Waals surface area contributed by atoms with Gasteiger partial charge in [-0.3, -0.25) is 9.59 Å². The topological polar surface area (TPSA) is 62.3 Å². The zero-order valence-corrected chi connectivity index (χ0v) is 14.2. The number of thiazole rings is 1. The molecule has 1 aromatic heterocycles. The van der Waals surface area contributed by atoms with Gasteiger partial charge in [0.25, 0.3) is 0 Å². The predicted molar refractivity (Wildman–Crippen MR) is 88.9 cm³/mol. The van der Waals surface area contributed by atoms with Crippen LogP contribution in [0.15, 0.2) is 6.20 Å². The Morgan fingerprint density at radius 3 is 2.77 bits per heavy atom. The maximum absolute atomic E-state index is 12.3. The lowest BCUT2D eigenvalue weighted by molar-refractivity contribution is -0.135. The van der Waals surface area contributed by atoms with Crippen LogP contribution in [-0.2, 0) is 9.59 Å². The fraction of sp³-hybridized carbons (Fsp3) is 0.688. The molecule has 1 aliphatic carbocycles. The van der Waals surface area contributed by atoms with Crippen LogP contribution in [0.3, 0.4) is 0 Å². The number of hydrogen-bond acceptors (Lipinski definition) is 4. The summed E-state index contributed by atoms with van der Waals surface area (Å²) >= 11 is 1.45. The van der Waals surface area contributed by atoms with E-state index in [0.717, 1.165) is 30.7 Å². The molecule has 0 atom stereocenters. The molecular weight excluding hydrogens is 298 g/mol. The molecule has 1 N–H and O–H groups in total. The van der Waals surface area contributed by atoms with Gasteiger partial charge in [0.1, 0.15) is 0 Å². The van der Waals surface area contributed by atoms with Crippen LogP contribution in [0.25, 0.3) is 0 Å². The van der Waals surface area contributed by atoms with Crippen LogP contribution < -0.4 is 5.32 Å². The lowest BCUT2D eigenvalue weighted by Crippen LogP contribution is -2.39. The second kappa shape index (κ2) is 8.27. The van der Waals surface area contributed by atoms with Gasteiger partial charge >= 0.3 is 0 Å². The van der Waals surface area contributed by atoms with E-state index in [1.54, 1.807) is 11.1 Å². The first-order chi connectivity index (χ1) is 10.6. The van der Waals surface area contributed by atoms with Gasteiger partial charge in [0.05, 0.1) is 6.54 Å². The molecular formula is C16H25N3O2S. The van der Waals surface area contributed by atoms with E-state index in [-0.39, 0.29) is 18.4 Å². The Balaban J connectivity index is 1.84. The zero-order valence-electron chi connectivity index (χ0n) is 13.4. The number of aryl methyl sites for hydroxylation is 1. The molecule has 0 aromatic carbocycles. The number of carbonyl (C=O) groups excluding carboxylic acids is 2. The summed E-state index contributed by atoms with van der Waals surface area (Å²) in [5.41, 5.74) is 0. The number of anilines is 1. The van der Waals surface area contributed by atoms with E-state index in [1.807, 2.05) is 6.92 Å². The highest BCUT2D eigenvalue weighted by atomic mass is 32.1. The number of hydrogen-bond donors (Lipinski definition) is 1. The van der Waals surface area contributed by atoms with Gasteiger partial charge in [0, 0.05) is 24.0 Å². The Hall–Kier alpha value is -1.43. The normalized spacial score (nSPS) is 13.9. The highest BCUT2D eigenvalue weighted by molar-refractivity contribution is 7.15. The molecule has 1 saturated carbocycles. The SMILES string of the molecule is CCCCCC(=O)N(CC(=O)Nc1ncc(C)s1)CC1CC1. The van der Waals surface area contributed by atoms with Gasteiger partial charge in [-0.1, -0.05) is 19.8 Å². The predicted octanol–water partition coefficient (Wildman–Crippen LogP) is 3.21. The largest absolute Gasteiger partial charge is 0.333 e. The number of nitrogens with one attached hydrogen (secondary N) is 1. The van der Waals surface area contributed by atoms with Crippen LogP contribution >= 0.6 is 11.3 Å². The minimum absolute atomic E-state index is 0.103. The van der Waals surface area contributed by atoms with Crippen molar-refractivity contribution >= 4 is 28.3 Å². The van der Waals surface area contributed by atoms with Gasteiger partial charge in [0.2, 0.25) is 11.8 Å². The summed E-state index contributed by atoms with van der Waals surface area (Å²) in [5, 5.41) is 3.39. The molecule has 0 aliphatic heterocycles. The van der Waals surface area contributed by atoms with E-state index >= 15 is 0 Å². The molecule has 5 nitrogen and oxygen atoms in total. The molecule has 0 radical (unpaired) electrons. The van der Waals surface area contributed by atoms with Gasteiger partial charge in [-0.15, -0.1) is 11.3 Å². The summed E-state index contributed by atoms with van der Waals surface area (Å²) < 4.78 is 0. The van der Waals surface area contributed by atoms with Crippen molar-refractivity contribution in [3.05, 3.63) is 11.1 Å². The van der Waals surface area contributed by atoms with E-state index in [4.69, 9.17) is 0 Å². The number of carbonyl (C=O) groups is 2. The molecule has 0 bridgehead atoms. The molecule has 1 aromatic rings. The first-order valence-electron chi connectivity index (χ1n) is 8.08. The summed E-state index contributed by atoms with van der Waals surface area (Å²) in [7, 11) is 0. The molecule has 6 heteroatoms. The summed E-state index contributed by atoms with van der Waals surface area (Å²) in [6, 6.07) is 0. The third-order valence-corrected chi connectivity index (χ3v) is 4.55. The van der Waals surface area contributed by atoms with E-state index in [0.29, 0.717) is 17.5 Å². The average Bonchev–Trinajstić information content (AvgIpc) is 3.20. The van der Waals surface area contributed by atoms with Crippen molar-refractivity contribution < 1.29 is 9.59 Å². The quantitative estimate of drug-likeness (QED) is 0.710.